The van der Waals surface area contributed by atoms with E-state index in [0.717, 1.165) is 35.6 Å². The first-order chi connectivity index (χ1) is 11.9. The Kier molecular flexibility index (Phi) is 5.52. The first-order valence-corrected chi connectivity index (χ1v) is 11.3. The molecule has 0 aliphatic carbocycles. The molecule has 1 unspecified atom stereocenters. The number of carbonyl (C=O) groups is 1. The summed E-state index contributed by atoms with van der Waals surface area (Å²) < 4.78 is 27.0. The van der Waals surface area contributed by atoms with Gasteiger partial charge in [0.15, 0.2) is 0 Å². The maximum atomic E-state index is 12.7. The van der Waals surface area contributed by atoms with Crippen LogP contribution in [0.2, 0.25) is 0 Å². The second-order valence-corrected chi connectivity index (χ2v) is 9.98. The molecule has 0 saturated carbocycles. The first-order valence-electron chi connectivity index (χ1n) is 8.12. The molecule has 0 aromatic carbocycles. The van der Waals surface area contributed by atoms with Crippen LogP contribution in [0.3, 0.4) is 0 Å². The summed E-state index contributed by atoms with van der Waals surface area (Å²) in [5.74, 6) is -0.00707. The molecule has 1 atom stereocenters. The maximum absolute atomic E-state index is 12.7. The second-order valence-electron chi connectivity index (χ2n) is 6.07. The highest BCUT2D eigenvalue weighted by atomic mass is 32.2. The normalized spacial score (nSPS) is 19.0. The van der Waals surface area contributed by atoms with Crippen molar-refractivity contribution in [2.75, 3.05) is 18.4 Å². The number of rotatable bonds is 5. The fourth-order valence-electron chi connectivity index (χ4n) is 2.69. The quantitative estimate of drug-likeness (QED) is 0.833. The predicted molar refractivity (Wildman–Crippen MR) is 98.7 cm³/mol. The number of piperidine rings is 1. The molecule has 1 aliphatic heterocycles. The summed E-state index contributed by atoms with van der Waals surface area (Å²) in [5.41, 5.74) is 0. The third-order valence-electron chi connectivity index (χ3n) is 4.05. The van der Waals surface area contributed by atoms with Gasteiger partial charge in [0.1, 0.15) is 5.01 Å². The minimum atomic E-state index is -3.54. The van der Waals surface area contributed by atoms with E-state index in [9.17, 15) is 13.2 Å². The molecule has 3 rings (SSSR count). The summed E-state index contributed by atoms with van der Waals surface area (Å²) in [6.45, 7) is 5.09. The lowest BCUT2D eigenvalue weighted by atomic mass is 10.0. The van der Waals surface area contributed by atoms with Crippen LogP contribution in [-0.2, 0) is 16.4 Å². The fourth-order valence-corrected chi connectivity index (χ4v) is 6.12. The van der Waals surface area contributed by atoms with E-state index in [2.05, 4.69) is 22.4 Å². The van der Waals surface area contributed by atoms with Gasteiger partial charge in [-0.25, -0.2) is 8.42 Å². The molecule has 7 nitrogen and oxygen atoms in total. The molecule has 3 heterocycles. The third-order valence-corrected chi connectivity index (χ3v) is 7.95. The number of sulfonamides is 1. The molecule has 1 amide bonds. The summed E-state index contributed by atoms with van der Waals surface area (Å²) in [4.78, 5) is 12.8. The highest BCUT2D eigenvalue weighted by Gasteiger charge is 2.30. The van der Waals surface area contributed by atoms with E-state index in [1.807, 2.05) is 6.92 Å². The summed E-state index contributed by atoms with van der Waals surface area (Å²) in [6.07, 6.45) is 2.67. The van der Waals surface area contributed by atoms with Crippen LogP contribution in [0, 0.1) is 5.92 Å². The molecule has 10 heteroatoms. The van der Waals surface area contributed by atoms with Crippen molar-refractivity contribution in [2.24, 2.45) is 5.92 Å². The van der Waals surface area contributed by atoms with Crippen molar-refractivity contribution < 1.29 is 13.2 Å². The second kappa shape index (κ2) is 7.48. The van der Waals surface area contributed by atoms with Crippen LogP contribution < -0.4 is 5.32 Å². The molecular weight excluding hydrogens is 380 g/mol. The van der Waals surface area contributed by atoms with Gasteiger partial charge in [0.05, 0.1) is 9.77 Å². The number of hydrogen-bond acceptors (Lipinski definition) is 7. The summed E-state index contributed by atoms with van der Waals surface area (Å²) in [6, 6.07) is 1.44. The molecule has 0 bridgehead atoms. The monoisotopic (exact) mass is 400 g/mol. The average molecular weight is 401 g/mol. The van der Waals surface area contributed by atoms with Crippen LogP contribution in [-0.4, -0.2) is 41.9 Å². The zero-order chi connectivity index (χ0) is 18.0. The van der Waals surface area contributed by atoms with Crippen LogP contribution in [0.15, 0.2) is 16.3 Å². The highest BCUT2D eigenvalue weighted by molar-refractivity contribution is 7.89. The Balaban J connectivity index is 1.73. The number of amides is 1. The van der Waals surface area contributed by atoms with E-state index in [1.54, 1.807) is 0 Å². The van der Waals surface area contributed by atoms with E-state index < -0.39 is 10.0 Å². The third kappa shape index (κ3) is 4.08. The van der Waals surface area contributed by atoms with Gasteiger partial charge in [-0.1, -0.05) is 25.2 Å². The van der Waals surface area contributed by atoms with E-state index in [-0.39, 0.29) is 10.8 Å². The zero-order valence-electron chi connectivity index (χ0n) is 14.1. The minimum Gasteiger partial charge on any atom is -0.296 e. The smallest absolute Gasteiger partial charge is 0.267 e. The van der Waals surface area contributed by atoms with Gasteiger partial charge in [-0.05, 0) is 31.2 Å². The molecule has 1 saturated heterocycles. The first kappa shape index (κ1) is 18.4. The van der Waals surface area contributed by atoms with Crippen molar-refractivity contribution in [3.63, 3.8) is 0 Å². The number of thiophene rings is 1. The van der Waals surface area contributed by atoms with Crippen LogP contribution in [0.1, 0.15) is 41.4 Å². The van der Waals surface area contributed by atoms with E-state index in [0.29, 0.717) is 29.0 Å². The number of nitrogens with zero attached hydrogens (tertiary/aromatic N) is 3. The number of aryl methyl sites for hydroxylation is 1. The zero-order valence-corrected chi connectivity index (χ0v) is 16.5. The number of hydrogen-bond donors (Lipinski definition) is 1. The highest BCUT2D eigenvalue weighted by Crippen LogP contribution is 2.27. The summed E-state index contributed by atoms with van der Waals surface area (Å²) >= 11 is 2.43. The van der Waals surface area contributed by atoms with E-state index in [4.69, 9.17) is 0 Å². The predicted octanol–water partition coefficient (Wildman–Crippen LogP) is 2.83. The SMILES string of the molecule is CCc1nnc(NC(=O)c2cc(S(=O)(=O)N3CCCC(C)C3)cs2)s1. The van der Waals surface area contributed by atoms with Gasteiger partial charge >= 0.3 is 0 Å². The standard InChI is InChI=1S/C15H20N4O3S3/c1-3-13-17-18-15(24-13)16-14(20)12-7-11(9-23-12)25(21,22)19-6-4-5-10(2)8-19/h7,9-10H,3-6,8H2,1-2H3,(H,16,18,20). The Labute approximate surface area is 155 Å². The van der Waals surface area contributed by atoms with Gasteiger partial charge < -0.3 is 0 Å². The molecular formula is C15H20N4O3S3. The van der Waals surface area contributed by atoms with Crippen molar-refractivity contribution in [3.05, 3.63) is 21.3 Å². The lowest BCUT2D eigenvalue weighted by molar-refractivity contribution is 0.103. The van der Waals surface area contributed by atoms with Crippen molar-refractivity contribution >= 4 is 43.7 Å². The fraction of sp³-hybridized carbons (Fsp3) is 0.533. The van der Waals surface area contributed by atoms with E-state index >= 15 is 0 Å². The molecule has 1 fully saturated rings. The number of anilines is 1. The topological polar surface area (TPSA) is 92.3 Å². The largest absolute Gasteiger partial charge is 0.296 e. The van der Waals surface area contributed by atoms with Crippen LogP contribution >= 0.6 is 22.7 Å². The van der Waals surface area contributed by atoms with Crippen LogP contribution in [0.4, 0.5) is 5.13 Å². The number of aromatic nitrogens is 2. The molecule has 2 aromatic heterocycles. The Morgan fingerprint density at radius 1 is 1.44 bits per heavy atom. The van der Waals surface area contributed by atoms with Gasteiger partial charge in [-0.3, -0.25) is 10.1 Å². The van der Waals surface area contributed by atoms with Crippen molar-refractivity contribution in [1.82, 2.24) is 14.5 Å². The van der Waals surface area contributed by atoms with Gasteiger partial charge in [0, 0.05) is 18.5 Å². The van der Waals surface area contributed by atoms with E-state index in [1.165, 1.54) is 27.1 Å². The minimum absolute atomic E-state index is 0.184. The van der Waals surface area contributed by atoms with Gasteiger partial charge in [-0.2, -0.15) is 4.31 Å². The molecule has 0 radical (unpaired) electrons. The summed E-state index contributed by atoms with van der Waals surface area (Å²) in [5, 5.41) is 13.3. The number of carbonyl (C=O) groups excluding carboxylic acids is 1. The van der Waals surface area contributed by atoms with Gasteiger partial charge in [0.25, 0.3) is 5.91 Å². The Morgan fingerprint density at radius 3 is 2.92 bits per heavy atom. The number of nitrogens with one attached hydrogen (secondary N) is 1. The van der Waals surface area contributed by atoms with Crippen molar-refractivity contribution in [1.29, 1.82) is 0 Å². The molecule has 25 heavy (non-hydrogen) atoms. The lowest BCUT2D eigenvalue weighted by Crippen LogP contribution is -2.38. The molecule has 136 valence electrons. The molecule has 1 aliphatic rings. The molecule has 0 spiro atoms. The van der Waals surface area contributed by atoms with Crippen LogP contribution in [0.5, 0.6) is 0 Å². The lowest BCUT2D eigenvalue weighted by Gasteiger charge is -2.29. The van der Waals surface area contributed by atoms with Gasteiger partial charge in [0.2, 0.25) is 15.2 Å². The maximum Gasteiger partial charge on any atom is 0.267 e. The Bertz CT molecular complexity index is 859. The van der Waals surface area contributed by atoms with Crippen molar-refractivity contribution in [3.8, 4) is 0 Å². The summed E-state index contributed by atoms with van der Waals surface area (Å²) in [7, 11) is -3.54. The van der Waals surface area contributed by atoms with Crippen LogP contribution in [0.25, 0.3) is 0 Å². The Hall–Kier alpha value is -1.36. The molecule has 2 aromatic rings. The Morgan fingerprint density at radius 2 is 2.24 bits per heavy atom. The average Bonchev–Trinajstić information content (AvgIpc) is 3.24. The van der Waals surface area contributed by atoms with Gasteiger partial charge in [-0.15, -0.1) is 21.5 Å². The molecule has 1 N–H and O–H groups in total. The van der Waals surface area contributed by atoms with Crippen molar-refractivity contribution in [2.45, 2.75) is 38.0 Å².